The monoisotopic (exact) mass is 326 g/mol. The Bertz CT molecular complexity index is 893. The zero-order valence-electron chi connectivity index (χ0n) is 12.7. The Morgan fingerprint density at radius 2 is 1.67 bits per heavy atom. The molecule has 4 rings (SSSR count). The highest BCUT2D eigenvalue weighted by Gasteiger charge is 2.25. The molecular weight excluding hydrogens is 311 g/mol. The number of halogens is 1. The molecular formula is C17H15FN4O2. The van der Waals surface area contributed by atoms with Crippen LogP contribution in [0.15, 0.2) is 36.4 Å². The van der Waals surface area contributed by atoms with Gasteiger partial charge in [-0.1, -0.05) is 24.3 Å². The number of hydrogen-bond donors (Lipinski definition) is 3. The molecule has 0 fully saturated rings. The third-order valence-electron chi connectivity index (χ3n) is 4.14. The first-order chi connectivity index (χ1) is 11.6. The maximum absolute atomic E-state index is 13.0. The number of aromatic amines is 1. The lowest BCUT2D eigenvalue weighted by Gasteiger charge is -2.03. The van der Waals surface area contributed by atoms with Crippen molar-refractivity contribution in [2.75, 3.05) is 0 Å². The fourth-order valence-corrected chi connectivity index (χ4v) is 2.92. The van der Waals surface area contributed by atoms with Gasteiger partial charge < -0.3 is 10.2 Å². The molecule has 6 nitrogen and oxygen atoms in total. The first-order valence-electron chi connectivity index (χ1n) is 7.59. The van der Waals surface area contributed by atoms with Crippen LogP contribution in [0, 0.1) is 5.82 Å². The summed E-state index contributed by atoms with van der Waals surface area (Å²) in [5.74, 6) is 0.355. The quantitative estimate of drug-likeness (QED) is 0.645. The van der Waals surface area contributed by atoms with Crippen LogP contribution in [0.4, 0.5) is 4.39 Å². The minimum Gasteiger partial charge on any atom is -0.494 e. The topological polar surface area (TPSA) is 87.0 Å². The lowest BCUT2D eigenvalue weighted by Crippen LogP contribution is -1.96. The van der Waals surface area contributed by atoms with Gasteiger partial charge in [0.15, 0.2) is 0 Å². The van der Waals surface area contributed by atoms with Crippen molar-refractivity contribution in [1.29, 1.82) is 0 Å². The summed E-state index contributed by atoms with van der Waals surface area (Å²) in [6.07, 6.45) is 5.47. The van der Waals surface area contributed by atoms with Gasteiger partial charge in [0.1, 0.15) is 11.6 Å². The molecule has 0 amide bonds. The molecule has 3 N–H and O–H groups in total. The van der Waals surface area contributed by atoms with E-state index in [-0.39, 0.29) is 23.5 Å². The zero-order chi connectivity index (χ0) is 16.7. The number of aromatic hydroxyl groups is 2. The first kappa shape index (κ1) is 14.5. The second kappa shape index (κ2) is 5.52. The first-order valence-corrected chi connectivity index (χ1v) is 7.59. The predicted molar refractivity (Wildman–Crippen MR) is 84.8 cm³/mol. The number of allylic oxidation sites excluding steroid dienone is 2. The maximum Gasteiger partial charge on any atom is 0.258 e. The molecule has 3 aromatic rings. The van der Waals surface area contributed by atoms with Crippen LogP contribution in [0.5, 0.6) is 11.8 Å². The van der Waals surface area contributed by atoms with E-state index in [1.807, 2.05) is 12.2 Å². The number of benzene rings is 1. The molecule has 0 saturated heterocycles. The molecule has 0 radical (unpaired) electrons. The van der Waals surface area contributed by atoms with Crippen LogP contribution in [0.3, 0.4) is 0 Å². The van der Waals surface area contributed by atoms with Gasteiger partial charge in [-0.05, 0) is 30.5 Å². The number of hydrogen-bond acceptors (Lipinski definition) is 4. The molecule has 1 aliphatic rings. The van der Waals surface area contributed by atoms with E-state index < -0.39 is 0 Å². The lowest BCUT2D eigenvalue weighted by molar-refractivity contribution is 0.396. The minimum atomic E-state index is -0.293. The molecule has 0 unspecified atom stereocenters. The number of nitrogens with one attached hydrogen (secondary N) is 1. The Labute approximate surface area is 136 Å². The summed E-state index contributed by atoms with van der Waals surface area (Å²) in [7, 11) is 0. The molecule has 2 aromatic heterocycles. The Morgan fingerprint density at radius 3 is 2.29 bits per heavy atom. The number of nitrogens with zero attached hydrogens (tertiary/aromatic N) is 3. The SMILES string of the molecule is Oc1c2c(c(O)n1-c1n[nH]c(Cc3ccc(F)cc3)n1)CC=CC2. The van der Waals surface area contributed by atoms with Crippen molar-refractivity contribution >= 4 is 0 Å². The zero-order valence-corrected chi connectivity index (χ0v) is 12.7. The van der Waals surface area contributed by atoms with Crippen molar-refractivity contribution in [3.8, 4) is 17.7 Å². The van der Waals surface area contributed by atoms with Crippen LogP contribution in [0.25, 0.3) is 5.95 Å². The van der Waals surface area contributed by atoms with Gasteiger partial charge in [-0.2, -0.15) is 4.98 Å². The number of rotatable bonds is 3. The van der Waals surface area contributed by atoms with Crippen molar-refractivity contribution in [2.45, 2.75) is 19.3 Å². The normalized spacial score (nSPS) is 13.2. The highest BCUT2D eigenvalue weighted by molar-refractivity contribution is 5.52. The molecule has 1 aromatic carbocycles. The fourth-order valence-electron chi connectivity index (χ4n) is 2.92. The summed E-state index contributed by atoms with van der Waals surface area (Å²) in [6, 6.07) is 6.12. The van der Waals surface area contributed by atoms with E-state index in [2.05, 4.69) is 15.2 Å². The van der Waals surface area contributed by atoms with E-state index in [1.165, 1.54) is 16.7 Å². The van der Waals surface area contributed by atoms with Gasteiger partial charge in [0.2, 0.25) is 11.8 Å². The molecule has 0 atom stereocenters. The number of H-pyrrole nitrogens is 1. The Hall–Kier alpha value is -3.09. The summed E-state index contributed by atoms with van der Waals surface area (Å²) < 4.78 is 14.2. The number of aromatic nitrogens is 4. The third kappa shape index (κ3) is 2.34. The fraction of sp³-hybridized carbons (Fsp3) is 0.176. The highest BCUT2D eigenvalue weighted by atomic mass is 19.1. The van der Waals surface area contributed by atoms with Gasteiger partial charge in [-0.15, -0.1) is 5.10 Å². The molecule has 0 aliphatic heterocycles. The van der Waals surface area contributed by atoms with Crippen molar-refractivity contribution in [2.24, 2.45) is 0 Å². The van der Waals surface area contributed by atoms with Crippen LogP contribution in [0.1, 0.15) is 22.5 Å². The average Bonchev–Trinajstić information content (AvgIpc) is 3.14. The average molecular weight is 326 g/mol. The van der Waals surface area contributed by atoms with Crippen LogP contribution >= 0.6 is 0 Å². The van der Waals surface area contributed by atoms with E-state index in [4.69, 9.17) is 0 Å². The molecule has 0 spiro atoms. The van der Waals surface area contributed by atoms with E-state index in [1.54, 1.807) is 12.1 Å². The largest absolute Gasteiger partial charge is 0.494 e. The van der Waals surface area contributed by atoms with Gasteiger partial charge >= 0.3 is 0 Å². The summed E-state index contributed by atoms with van der Waals surface area (Å²) in [4.78, 5) is 4.33. The molecule has 24 heavy (non-hydrogen) atoms. The van der Waals surface area contributed by atoms with Gasteiger partial charge in [0.25, 0.3) is 5.95 Å². The molecule has 7 heteroatoms. The van der Waals surface area contributed by atoms with Crippen molar-refractivity contribution < 1.29 is 14.6 Å². The van der Waals surface area contributed by atoms with Crippen molar-refractivity contribution in [3.05, 3.63) is 64.7 Å². The molecule has 122 valence electrons. The summed E-state index contributed by atoms with van der Waals surface area (Å²) in [5, 5.41) is 27.6. The molecule has 1 aliphatic carbocycles. The minimum absolute atomic E-state index is 0.0424. The highest BCUT2D eigenvalue weighted by Crippen LogP contribution is 2.38. The van der Waals surface area contributed by atoms with Crippen molar-refractivity contribution in [1.82, 2.24) is 19.7 Å². The van der Waals surface area contributed by atoms with Crippen LogP contribution in [-0.2, 0) is 19.3 Å². The van der Waals surface area contributed by atoms with E-state index in [0.717, 1.165) is 5.56 Å². The molecule has 2 heterocycles. The van der Waals surface area contributed by atoms with E-state index >= 15 is 0 Å². The van der Waals surface area contributed by atoms with Gasteiger partial charge in [0.05, 0.1) is 0 Å². The van der Waals surface area contributed by atoms with Crippen LogP contribution < -0.4 is 0 Å². The number of fused-ring (bicyclic) bond motifs is 1. The van der Waals surface area contributed by atoms with Gasteiger partial charge in [0, 0.05) is 17.5 Å². The smallest absolute Gasteiger partial charge is 0.258 e. The van der Waals surface area contributed by atoms with Gasteiger partial charge in [-0.3, -0.25) is 5.10 Å². The lowest BCUT2D eigenvalue weighted by atomic mass is 10.0. The third-order valence-corrected chi connectivity index (χ3v) is 4.14. The Balaban J connectivity index is 1.66. The maximum atomic E-state index is 13.0. The van der Waals surface area contributed by atoms with Crippen LogP contribution in [-0.4, -0.2) is 30.0 Å². The molecule has 0 saturated carbocycles. The van der Waals surface area contributed by atoms with Crippen molar-refractivity contribution in [3.63, 3.8) is 0 Å². The summed E-state index contributed by atoms with van der Waals surface area (Å²) in [6.45, 7) is 0. The van der Waals surface area contributed by atoms with Crippen LogP contribution in [0.2, 0.25) is 0 Å². The second-order valence-electron chi connectivity index (χ2n) is 5.70. The summed E-state index contributed by atoms with van der Waals surface area (Å²) in [5.41, 5.74) is 2.27. The summed E-state index contributed by atoms with van der Waals surface area (Å²) >= 11 is 0. The Kier molecular flexibility index (Phi) is 3.34. The Morgan fingerprint density at radius 1 is 1.04 bits per heavy atom. The second-order valence-corrected chi connectivity index (χ2v) is 5.70. The van der Waals surface area contributed by atoms with E-state index in [0.29, 0.717) is 36.2 Å². The van der Waals surface area contributed by atoms with Gasteiger partial charge in [-0.25, -0.2) is 8.96 Å². The standard InChI is InChI=1S/C17H15FN4O2/c18-11-7-5-10(6-8-11)9-14-19-17(21-20-14)22-15(23)12-3-1-2-4-13(12)16(22)24/h1-2,5-8,23-24H,3-4,9H2,(H,19,20,21). The van der Waals surface area contributed by atoms with E-state index in [9.17, 15) is 14.6 Å². The molecule has 0 bridgehead atoms. The predicted octanol–water partition coefficient (Wildman–Crippen LogP) is 2.39.